The van der Waals surface area contributed by atoms with Crippen LogP contribution in [0, 0.1) is 0 Å². The maximum atomic E-state index is 13.5. The zero-order chi connectivity index (χ0) is 51.5. The molecule has 0 aromatic heterocycles. The lowest BCUT2D eigenvalue weighted by Gasteiger charge is -2.27. The average molecular weight is 1010 g/mol. The number of hydrogen-bond donors (Lipinski definition) is 2. The molecule has 0 saturated carbocycles. The smallest absolute Gasteiger partial charge is 0.456 e. The molecule has 2 N–H and O–H groups in total. The van der Waals surface area contributed by atoms with E-state index in [4.69, 9.17) is 13.8 Å². The Bertz CT molecular complexity index is 1210. The standard InChI is InChI=1S/C60H119N2O7P/c1-7-10-13-16-19-22-25-28-30-31-32-35-38-41-44-47-50-53-60(64)69-58(51-48-45-42-39-36-33-27-24-21-18-15-12-9-3)57(56-68-70(65,66)67-55-54-62(4,5)6)61-59(63)52-49-46-43-40-37-34-29-26-23-20-17-14-11-8-2/h48,51,57-58H,7-47,49-50,52-56H2,1-6H3,(H-,61,63,65,66)/p+1/b51-48+. The lowest BCUT2D eigenvalue weighted by molar-refractivity contribution is -0.870. The number of phosphoric acid groups is 1. The fourth-order valence-corrected chi connectivity index (χ4v) is 9.97. The predicted octanol–water partition coefficient (Wildman–Crippen LogP) is 18.4. The van der Waals surface area contributed by atoms with Crippen molar-refractivity contribution in [2.24, 2.45) is 0 Å². The number of quaternary nitrogens is 1. The molecule has 1 amide bonds. The lowest BCUT2D eigenvalue weighted by atomic mass is 10.0. The van der Waals surface area contributed by atoms with Gasteiger partial charge in [0.15, 0.2) is 0 Å². The fraction of sp³-hybridized carbons (Fsp3) is 0.933. The van der Waals surface area contributed by atoms with E-state index in [1.165, 1.54) is 218 Å². The summed E-state index contributed by atoms with van der Waals surface area (Å²) in [5, 5.41) is 3.06. The van der Waals surface area contributed by atoms with E-state index in [-0.39, 0.29) is 25.1 Å². The third-order valence-electron chi connectivity index (χ3n) is 14.0. The first-order chi connectivity index (χ1) is 33.9. The number of carbonyl (C=O) groups excluding carboxylic acids is 2. The van der Waals surface area contributed by atoms with E-state index in [2.05, 4.69) is 26.1 Å². The summed E-state index contributed by atoms with van der Waals surface area (Å²) in [6.45, 7) is 7.06. The molecule has 0 aliphatic rings. The van der Waals surface area contributed by atoms with E-state index >= 15 is 0 Å². The predicted molar refractivity (Wildman–Crippen MR) is 300 cm³/mol. The van der Waals surface area contributed by atoms with Gasteiger partial charge in [0.25, 0.3) is 0 Å². The number of rotatable bonds is 56. The minimum absolute atomic E-state index is 0.0457. The van der Waals surface area contributed by atoms with Crippen LogP contribution in [0.1, 0.15) is 310 Å². The number of esters is 1. The van der Waals surface area contributed by atoms with Gasteiger partial charge in [0, 0.05) is 12.8 Å². The van der Waals surface area contributed by atoms with Crippen molar-refractivity contribution >= 4 is 19.7 Å². The second-order valence-corrected chi connectivity index (χ2v) is 23.7. The maximum Gasteiger partial charge on any atom is 0.472 e. The number of likely N-dealkylation sites (N-methyl/N-ethyl adjacent to an activating group) is 1. The van der Waals surface area contributed by atoms with Crippen LogP contribution in [0.5, 0.6) is 0 Å². The number of nitrogens with zero attached hydrogens (tertiary/aromatic N) is 1. The molecule has 0 spiro atoms. The molecule has 0 fully saturated rings. The Balaban J connectivity index is 5.27. The summed E-state index contributed by atoms with van der Waals surface area (Å²) in [5.41, 5.74) is 0. The van der Waals surface area contributed by atoms with Crippen molar-refractivity contribution in [3.05, 3.63) is 12.2 Å². The third-order valence-corrected chi connectivity index (χ3v) is 15.0. The van der Waals surface area contributed by atoms with Gasteiger partial charge in [-0.1, -0.05) is 277 Å². The van der Waals surface area contributed by atoms with Crippen LogP contribution >= 0.6 is 7.82 Å². The van der Waals surface area contributed by atoms with Gasteiger partial charge in [-0.25, -0.2) is 4.57 Å². The molecule has 10 heteroatoms. The van der Waals surface area contributed by atoms with E-state index in [0.29, 0.717) is 23.9 Å². The molecule has 0 aliphatic carbocycles. The Morgan fingerprint density at radius 1 is 0.486 bits per heavy atom. The van der Waals surface area contributed by atoms with Crippen molar-refractivity contribution < 1.29 is 37.3 Å². The highest BCUT2D eigenvalue weighted by molar-refractivity contribution is 7.47. The highest BCUT2D eigenvalue weighted by atomic mass is 31.2. The summed E-state index contributed by atoms with van der Waals surface area (Å²) in [7, 11) is 1.52. The molecule has 0 saturated heterocycles. The largest absolute Gasteiger partial charge is 0.472 e. The quantitative estimate of drug-likeness (QED) is 0.0205. The number of unbranched alkanes of at least 4 members (excludes halogenated alkanes) is 40. The van der Waals surface area contributed by atoms with Gasteiger partial charge < -0.3 is 19.4 Å². The summed E-state index contributed by atoms with van der Waals surface area (Å²) in [6, 6.07) is -0.838. The highest BCUT2D eigenvalue weighted by Gasteiger charge is 2.30. The van der Waals surface area contributed by atoms with Gasteiger partial charge in [-0.05, 0) is 31.8 Å². The van der Waals surface area contributed by atoms with Gasteiger partial charge in [-0.2, -0.15) is 0 Å². The second kappa shape index (κ2) is 51.2. The summed E-state index contributed by atoms with van der Waals surface area (Å²) in [4.78, 5) is 37.6. The van der Waals surface area contributed by atoms with Crippen LogP contribution in [-0.4, -0.2) is 74.3 Å². The molecule has 3 unspecified atom stereocenters. The van der Waals surface area contributed by atoms with Crippen LogP contribution in [0.25, 0.3) is 0 Å². The SMILES string of the molecule is CCCCCCCCCCCCC/C=C/C(OC(=O)CCCCCCCCCCCCCCCCCCC)C(COP(=O)(O)OCC[N+](C)(C)C)NC(=O)CCCCCCCCCCCCCCCC. The zero-order valence-corrected chi connectivity index (χ0v) is 48.4. The summed E-state index contributed by atoms with van der Waals surface area (Å²) in [5.74, 6) is -0.484. The Hall–Kier alpha value is -1.25. The fourth-order valence-electron chi connectivity index (χ4n) is 9.24. The molecule has 0 heterocycles. The first kappa shape index (κ1) is 68.8. The molecule has 416 valence electrons. The molecule has 70 heavy (non-hydrogen) atoms. The molecule has 0 aromatic carbocycles. The number of hydrogen-bond acceptors (Lipinski definition) is 6. The van der Waals surface area contributed by atoms with Gasteiger partial charge >= 0.3 is 13.8 Å². The molecular formula is C60H120N2O7P+. The van der Waals surface area contributed by atoms with Crippen LogP contribution in [0.3, 0.4) is 0 Å². The Morgan fingerprint density at radius 2 is 0.814 bits per heavy atom. The molecule has 0 radical (unpaired) electrons. The van der Waals surface area contributed by atoms with E-state index in [9.17, 15) is 19.0 Å². The monoisotopic (exact) mass is 1010 g/mol. The van der Waals surface area contributed by atoms with Gasteiger partial charge in [-0.15, -0.1) is 0 Å². The number of carbonyl (C=O) groups is 2. The normalized spacial score (nSPS) is 13.8. The van der Waals surface area contributed by atoms with Gasteiger partial charge in [0.1, 0.15) is 19.3 Å². The van der Waals surface area contributed by atoms with Crippen molar-refractivity contribution in [3.8, 4) is 0 Å². The van der Waals surface area contributed by atoms with Crippen LogP contribution in [0.2, 0.25) is 0 Å². The molecule has 9 nitrogen and oxygen atoms in total. The van der Waals surface area contributed by atoms with Crippen molar-refractivity contribution in [1.29, 1.82) is 0 Å². The molecule has 0 aliphatic heterocycles. The van der Waals surface area contributed by atoms with Gasteiger partial charge in [0.2, 0.25) is 5.91 Å². The number of allylic oxidation sites excluding steroid dienone is 1. The molecule has 0 rings (SSSR count). The number of ether oxygens (including phenoxy) is 1. The summed E-state index contributed by atoms with van der Waals surface area (Å²) < 4.78 is 30.7. The Morgan fingerprint density at radius 3 is 1.17 bits per heavy atom. The number of amides is 1. The number of phosphoric ester groups is 1. The summed E-state index contributed by atoms with van der Waals surface area (Å²) in [6.07, 6.45) is 57.7. The van der Waals surface area contributed by atoms with Crippen molar-refractivity contribution in [2.45, 2.75) is 322 Å². The van der Waals surface area contributed by atoms with E-state index in [1.807, 2.05) is 33.3 Å². The molecule has 3 atom stereocenters. The Kier molecular flexibility index (Phi) is 50.3. The maximum absolute atomic E-state index is 13.5. The zero-order valence-electron chi connectivity index (χ0n) is 47.5. The van der Waals surface area contributed by atoms with Crippen LogP contribution in [-0.2, 0) is 27.9 Å². The first-order valence-electron chi connectivity index (χ1n) is 30.5. The topological polar surface area (TPSA) is 111 Å². The van der Waals surface area contributed by atoms with Crippen LogP contribution in [0.15, 0.2) is 12.2 Å². The third kappa shape index (κ3) is 51.6. The second-order valence-electron chi connectivity index (χ2n) is 22.2. The Labute approximate surface area is 435 Å². The van der Waals surface area contributed by atoms with Crippen molar-refractivity contribution in [3.63, 3.8) is 0 Å². The van der Waals surface area contributed by atoms with Crippen LogP contribution in [0.4, 0.5) is 0 Å². The lowest BCUT2D eigenvalue weighted by Crippen LogP contribution is -2.47. The molecule has 0 bridgehead atoms. The van der Waals surface area contributed by atoms with Crippen molar-refractivity contribution in [2.75, 3.05) is 40.9 Å². The van der Waals surface area contributed by atoms with Crippen molar-refractivity contribution in [1.82, 2.24) is 5.32 Å². The van der Waals surface area contributed by atoms with E-state index < -0.39 is 20.0 Å². The minimum atomic E-state index is -4.44. The van der Waals surface area contributed by atoms with Gasteiger partial charge in [-0.3, -0.25) is 18.6 Å². The first-order valence-corrected chi connectivity index (χ1v) is 32.0. The molecule has 0 aromatic rings. The minimum Gasteiger partial charge on any atom is -0.456 e. The van der Waals surface area contributed by atoms with E-state index in [0.717, 1.165) is 57.8 Å². The summed E-state index contributed by atoms with van der Waals surface area (Å²) >= 11 is 0. The number of nitrogens with one attached hydrogen (secondary N) is 1. The highest BCUT2D eigenvalue weighted by Crippen LogP contribution is 2.43. The molecular weight excluding hydrogens is 892 g/mol. The average Bonchev–Trinajstić information content (AvgIpc) is 3.32. The van der Waals surface area contributed by atoms with E-state index in [1.54, 1.807) is 0 Å². The van der Waals surface area contributed by atoms with Crippen LogP contribution < -0.4 is 5.32 Å². The van der Waals surface area contributed by atoms with Gasteiger partial charge in [0.05, 0.1) is 33.8 Å².